The third-order valence-corrected chi connectivity index (χ3v) is 8.58. The van der Waals surface area contributed by atoms with E-state index in [9.17, 15) is 40.2 Å². The van der Waals surface area contributed by atoms with Gasteiger partial charge in [0.2, 0.25) is 0 Å². The lowest BCUT2D eigenvalue weighted by atomic mass is 9.83. The molecule has 3 fully saturated rings. The number of cyclic esters (lactones) is 1. The zero-order valence-corrected chi connectivity index (χ0v) is 26.4. The number of ether oxygens (including phenoxy) is 5. The van der Waals surface area contributed by atoms with Gasteiger partial charge in [0.25, 0.3) is 0 Å². The summed E-state index contributed by atoms with van der Waals surface area (Å²) in [6, 6.07) is -1.08. The molecule has 0 radical (unpaired) electrons. The molecule has 0 aromatic carbocycles. The van der Waals surface area contributed by atoms with E-state index in [-0.39, 0.29) is 25.4 Å². The Morgan fingerprint density at radius 2 is 1.64 bits per heavy atom. The average molecular weight is 666 g/mol. The van der Waals surface area contributed by atoms with Gasteiger partial charge < -0.3 is 60.1 Å². The molecular weight excluding hydrogens is 618 g/mol. The lowest BCUT2D eigenvalue weighted by Gasteiger charge is -2.45. The van der Waals surface area contributed by atoms with Gasteiger partial charge in [0.1, 0.15) is 24.2 Å². The van der Waals surface area contributed by atoms with Crippen LogP contribution < -0.4 is 5.73 Å². The predicted octanol–water partition coefficient (Wildman–Crippen LogP) is 0.120. The number of nitrogens with two attached hydrogens (primary N) is 1. The SMILES string of the molecule is C[C@@H]1C/C=C/C=C/C=C/C=C/[C@@H](O[C@H]2O[C@@H](C)[C@@H](O)[C@H](N)[C@H]2O)C[C@H]2O[C@@](O)(C[C@H](O)C[C@@H]3O[C@H]3/C=C/C(=O)O1)C[C@@H](O)[C@@H]2C(=O)O. The van der Waals surface area contributed by atoms with Gasteiger partial charge in [-0.2, -0.15) is 0 Å². The molecule has 0 aromatic rings. The summed E-state index contributed by atoms with van der Waals surface area (Å²) in [5.41, 5.74) is 5.98. The molecule has 4 rings (SSSR count). The van der Waals surface area contributed by atoms with Crippen LogP contribution in [0.3, 0.4) is 0 Å². The minimum absolute atomic E-state index is 0.0789. The van der Waals surface area contributed by atoms with Crippen molar-refractivity contribution >= 4 is 11.9 Å². The van der Waals surface area contributed by atoms with Crippen molar-refractivity contribution in [1.82, 2.24) is 0 Å². The van der Waals surface area contributed by atoms with Gasteiger partial charge in [-0.15, -0.1) is 0 Å². The highest BCUT2D eigenvalue weighted by molar-refractivity contribution is 5.82. The molecule has 4 aliphatic heterocycles. The first-order valence-electron chi connectivity index (χ1n) is 15.9. The molecule has 2 bridgehead atoms. The van der Waals surface area contributed by atoms with Gasteiger partial charge >= 0.3 is 11.9 Å². The fourth-order valence-corrected chi connectivity index (χ4v) is 6.00. The number of epoxide rings is 1. The van der Waals surface area contributed by atoms with E-state index in [2.05, 4.69) is 0 Å². The maximum Gasteiger partial charge on any atom is 0.330 e. The number of aliphatic hydroxyl groups is 5. The summed E-state index contributed by atoms with van der Waals surface area (Å²) >= 11 is 0. The second kappa shape index (κ2) is 16.6. The Morgan fingerprint density at radius 3 is 2.36 bits per heavy atom. The topological polar surface area (TPSA) is 231 Å². The van der Waals surface area contributed by atoms with E-state index >= 15 is 0 Å². The van der Waals surface area contributed by atoms with Gasteiger partial charge in [0, 0.05) is 38.2 Å². The van der Waals surface area contributed by atoms with Gasteiger partial charge in [0.05, 0.1) is 48.8 Å². The first-order valence-corrected chi connectivity index (χ1v) is 15.9. The van der Waals surface area contributed by atoms with Gasteiger partial charge in [-0.3, -0.25) is 4.79 Å². The van der Waals surface area contributed by atoms with E-state index in [1.165, 1.54) is 12.2 Å². The second-order valence-electron chi connectivity index (χ2n) is 12.6. The van der Waals surface area contributed by atoms with E-state index in [1.54, 1.807) is 56.4 Å². The number of esters is 1. The van der Waals surface area contributed by atoms with Crippen LogP contribution in [0.4, 0.5) is 0 Å². The molecule has 3 saturated heterocycles. The predicted molar refractivity (Wildman–Crippen MR) is 165 cm³/mol. The number of fused-ring (bicyclic) bond motifs is 3. The highest BCUT2D eigenvalue weighted by atomic mass is 16.7. The molecule has 4 heterocycles. The normalized spacial score (nSPS) is 47.2. The van der Waals surface area contributed by atoms with Crippen molar-refractivity contribution in [2.24, 2.45) is 11.7 Å². The van der Waals surface area contributed by atoms with E-state index < -0.39 is 97.3 Å². The van der Waals surface area contributed by atoms with Crippen LogP contribution in [0, 0.1) is 5.92 Å². The van der Waals surface area contributed by atoms with Gasteiger partial charge in [-0.05, 0) is 19.9 Å². The van der Waals surface area contributed by atoms with Crippen molar-refractivity contribution < 1.29 is 63.9 Å². The molecule has 8 N–H and O–H groups in total. The number of hydrogen-bond donors (Lipinski definition) is 7. The van der Waals surface area contributed by atoms with Crippen LogP contribution in [0.15, 0.2) is 60.8 Å². The molecular formula is C33H47NO13. The average Bonchev–Trinajstić information content (AvgIpc) is 3.72. The molecule has 0 spiro atoms. The van der Waals surface area contributed by atoms with Crippen LogP contribution in [0.2, 0.25) is 0 Å². The Bertz CT molecular complexity index is 1220. The number of carboxylic acids is 1. The van der Waals surface area contributed by atoms with Crippen LogP contribution in [-0.4, -0.2) is 122 Å². The highest BCUT2D eigenvalue weighted by Crippen LogP contribution is 2.39. The minimum Gasteiger partial charge on any atom is -0.481 e. The van der Waals surface area contributed by atoms with Gasteiger partial charge in [-0.25, -0.2) is 4.79 Å². The Hall–Kier alpha value is -2.76. The van der Waals surface area contributed by atoms with Crippen molar-refractivity contribution in [2.45, 2.75) is 125 Å². The minimum atomic E-state index is -2.10. The van der Waals surface area contributed by atoms with Crippen LogP contribution in [0.25, 0.3) is 0 Å². The Morgan fingerprint density at radius 1 is 0.936 bits per heavy atom. The fraction of sp³-hybridized carbons (Fsp3) is 0.636. The summed E-state index contributed by atoms with van der Waals surface area (Å²) in [6.45, 7) is 3.34. The van der Waals surface area contributed by atoms with E-state index in [4.69, 9.17) is 29.4 Å². The van der Waals surface area contributed by atoms with Crippen LogP contribution in [-0.2, 0) is 33.3 Å². The molecule has 0 aromatic heterocycles. The molecule has 14 heteroatoms. The molecule has 0 aliphatic carbocycles. The van der Waals surface area contributed by atoms with Crippen LogP contribution in [0.1, 0.15) is 46.0 Å². The molecule has 262 valence electrons. The summed E-state index contributed by atoms with van der Waals surface area (Å²) in [4.78, 5) is 24.4. The molecule has 14 nitrogen and oxygen atoms in total. The lowest BCUT2D eigenvalue weighted by molar-refractivity contribution is -0.308. The third-order valence-electron chi connectivity index (χ3n) is 8.58. The fourth-order valence-electron chi connectivity index (χ4n) is 6.00. The second-order valence-corrected chi connectivity index (χ2v) is 12.6. The highest BCUT2D eigenvalue weighted by Gasteiger charge is 2.51. The zero-order chi connectivity index (χ0) is 34.3. The van der Waals surface area contributed by atoms with E-state index in [1.807, 2.05) is 6.08 Å². The maximum absolute atomic E-state index is 12.3. The van der Waals surface area contributed by atoms with Crippen LogP contribution in [0.5, 0.6) is 0 Å². The first kappa shape index (κ1) is 37.1. The smallest absolute Gasteiger partial charge is 0.330 e. The Balaban J connectivity index is 1.58. The zero-order valence-electron chi connectivity index (χ0n) is 26.4. The van der Waals surface area contributed by atoms with Gasteiger partial charge in [-0.1, -0.05) is 48.6 Å². The molecule has 0 amide bonds. The number of carboxylic acid groups (broad SMARTS) is 1. The quantitative estimate of drug-likeness (QED) is 0.157. The summed E-state index contributed by atoms with van der Waals surface area (Å²) in [6.07, 6.45) is 5.25. The number of aliphatic hydroxyl groups excluding tert-OH is 4. The summed E-state index contributed by atoms with van der Waals surface area (Å²) in [5, 5.41) is 63.9. The molecule has 0 unspecified atom stereocenters. The van der Waals surface area contributed by atoms with E-state index in [0.29, 0.717) is 6.42 Å². The van der Waals surface area contributed by atoms with Crippen molar-refractivity contribution in [3.8, 4) is 0 Å². The van der Waals surface area contributed by atoms with Crippen molar-refractivity contribution in [3.05, 3.63) is 60.8 Å². The van der Waals surface area contributed by atoms with Crippen molar-refractivity contribution in [2.75, 3.05) is 0 Å². The van der Waals surface area contributed by atoms with Crippen molar-refractivity contribution in [1.29, 1.82) is 0 Å². The first-order chi connectivity index (χ1) is 22.3. The van der Waals surface area contributed by atoms with E-state index in [0.717, 1.165) is 0 Å². The summed E-state index contributed by atoms with van der Waals surface area (Å²) < 4.78 is 28.5. The molecule has 47 heavy (non-hydrogen) atoms. The monoisotopic (exact) mass is 665 g/mol. The van der Waals surface area contributed by atoms with Crippen molar-refractivity contribution in [3.63, 3.8) is 0 Å². The van der Waals surface area contributed by atoms with Crippen LogP contribution >= 0.6 is 0 Å². The molecule has 0 saturated carbocycles. The number of hydrogen-bond acceptors (Lipinski definition) is 13. The Kier molecular flexibility index (Phi) is 13.1. The molecule has 14 atom stereocenters. The lowest BCUT2D eigenvalue weighted by Crippen LogP contribution is -2.61. The number of carbonyl (C=O) groups excluding carboxylic acids is 1. The largest absolute Gasteiger partial charge is 0.481 e. The Labute approximate surface area is 273 Å². The van der Waals surface area contributed by atoms with Gasteiger partial charge in [0.15, 0.2) is 12.1 Å². The summed E-state index contributed by atoms with van der Waals surface area (Å²) in [5.74, 6) is -5.45. The standard InChI is InChI=1S/C33H47NO13/c1-18-10-8-6-4-3-5-7-9-11-21(45-32-30(39)28(34)29(38)19(2)44-32)15-25-27(31(40)41)22(36)17-33(42,47-25)16-20(35)14-24-23(46-24)12-13-26(37)43-18/h3-9,11-13,18-25,27-30,32,35-36,38-39,42H,10,14-17,34H2,1-2H3,(H,40,41)/b4-3+,7-5+,8-6+,11-9+,13-12+/t18-,19+,20-,21-,22-,23+,24+,25-,27+,28+,29-,30-,32-,33+/m1/s1. The third kappa shape index (κ3) is 10.6. The maximum atomic E-state index is 12.3. The number of aliphatic carboxylic acids is 1. The number of carbonyl (C=O) groups is 2. The number of rotatable bonds is 3. The number of allylic oxidation sites excluding steroid dienone is 6. The molecule has 4 aliphatic rings. The summed E-state index contributed by atoms with van der Waals surface area (Å²) in [7, 11) is 0.